The fourth-order valence-electron chi connectivity index (χ4n) is 6.20. The van der Waals surface area contributed by atoms with Crippen LogP contribution in [0.1, 0.15) is 219 Å². The lowest BCUT2D eigenvalue weighted by molar-refractivity contribution is -0.161. The molecule has 302 valence electrons. The van der Waals surface area contributed by atoms with Gasteiger partial charge >= 0.3 is 11.9 Å². The van der Waals surface area contributed by atoms with Crippen LogP contribution >= 0.6 is 0 Å². The minimum Gasteiger partial charge on any atom is -0.462 e. The molecule has 0 spiro atoms. The molecule has 0 aliphatic rings. The van der Waals surface area contributed by atoms with Crippen LogP contribution in [0.5, 0.6) is 0 Å². The molecule has 0 aromatic carbocycles. The molecule has 0 saturated carbocycles. The summed E-state index contributed by atoms with van der Waals surface area (Å²) in [6.45, 7) is 4.10. The third-order valence-electron chi connectivity index (χ3n) is 9.60. The molecule has 0 aromatic rings. The molecule has 5 nitrogen and oxygen atoms in total. The summed E-state index contributed by atoms with van der Waals surface area (Å²) in [5.74, 6) is -0.613. The van der Waals surface area contributed by atoms with Gasteiger partial charge in [-0.1, -0.05) is 178 Å². The van der Waals surface area contributed by atoms with E-state index in [0.717, 1.165) is 64.2 Å². The van der Waals surface area contributed by atoms with Crippen molar-refractivity contribution in [2.75, 3.05) is 13.2 Å². The van der Waals surface area contributed by atoms with E-state index in [1.807, 2.05) is 0 Å². The lowest BCUT2D eigenvalue weighted by Gasteiger charge is -2.15. The second kappa shape index (κ2) is 43.3. The third kappa shape index (κ3) is 40.6. The molecule has 0 amide bonds. The van der Waals surface area contributed by atoms with Gasteiger partial charge in [-0.3, -0.25) is 9.59 Å². The van der Waals surface area contributed by atoms with Crippen LogP contribution in [0.25, 0.3) is 0 Å². The van der Waals surface area contributed by atoms with Crippen molar-refractivity contribution in [3.05, 3.63) is 48.6 Å². The van der Waals surface area contributed by atoms with Crippen molar-refractivity contribution in [3.8, 4) is 0 Å². The number of carbonyl (C=O) groups is 2. The highest BCUT2D eigenvalue weighted by atomic mass is 16.6. The van der Waals surface area contributed by atoms with Gasteiger partial charge in [-0.25, -0.2) is 0 Å². The van der Waals surface area contributed by atoms with Crippen LogP contribution in [0, 0.1) is 0 Å². The smallest absolute Gasteiger partial charge is 0.306 e. The lowest BCUT2D eigenvalue weighted by atomic mass is 10.0. The highest BCUT2D eigenvalue weighted by Crippen LogP contribution is 2.14. The van der Waals surface area contributed by atoms with Crippen molar-refractivity contribution < 1.29 is 24.2 Å². The summed E-state index contributed by atoms with van der Waals surface area (Å²) in [5, 5.41) is 9.58. The fourth-order valence-corrected chi connectivity index (χ4v) is 6.20. The van der Waals surface area contributed by atoms with Gasteiger partial charge in [0.25, 0.3) is 0 Å². The summed E-state index contributed by atoms with van der Waals surface area (Å²) < 4.78 is 10.6. The topological polar surface area (TPSA) is 72.8 Å². The van der Waals surface area contributed by atoms with E-state index < -0.39 is 6.10 Å². The molecule has 1 atom stereocenters. The van der Waals surface area contributed by atoms with Crippen LogP contribution in [0.2, 0.25) is 0 Å². The van der Waals surface area contributed by atoms with Gasteiger partial charge in [0.15, 0.2) is 6.10 Å². The van der Waals surface area contributed by atoms with Gasteiger partial charge in [0.05, 0.1) is 6.61 Å². The highest BCUT2D eigenvalue weighted by Gasteiger charge is 2.16. The standard InChI is InChI=1S/C47H84O5/c1-3-5-7-9-11-13-15-17-19-21-22-23-24-26-27-29-31-33-35-37-39-41-46(49)51-44-45(43-48)52-47(50)42-40-38-36-34-32-30-28-25-20-18-16-14-12-10-8-6-4-2/h12,14,17-20,28,30,45,48H,3-11,13,15-16,21-27,29,31-44H2,1-2H3/b14-12-,19-17-,20-18-,30-28-/t45-/m0/s1. The zero-order valence-corrected chi connectivity index (χ0v) is 34.3. The van der Waals surface area contributed by atoms with Crippen molar-refractivity contribution in [2.45, 2.75) is 225 Å². The first-order chi connectivity index (χ1) is 25.6. The molecule has 0 radical (unpaired) electrons. The van der Waals surface area contributed by atoms with E-state index in [9.17, 15) is 14.7 Å². The van der Waals surface area contributed by atoms with Gasteiger partial charge in [-0.15, -0.1) is 0 Å². The van der Waals surface area contributed by atoms with E-state index in [1.165, 1.54) is 128 Å². The van der Waals surface area contributed by atoms with Crippen molar-refractivity contribution >= 4 is 11.9 Å². The molecule has 0 bridgehead atoms. The number of aliphatic hydroxyl groups excluding tert-OH is 1. The van der Waals surface area contributed by atoms with Gasteiger partial charge in [-0.05, 0) is 77.0 Å². The van der Waals surface area contributed by atoms with Crippen LogP contribution in [0.4, 0.5) is 0 Å². The Labute approximate surface area is 322 Å². The quantitative estimate of drug-likeness (QED) is 0.0386. The second-order valence-electron chi connectivity index (χ2n) is 14.8. The van der Waals surface area contributed by atoms with Gasteiger partial charge < -0.3 is 14.6 Å². The molecule has 0 aliphatic carbocycles. The molecule has 0 aromatic heterocycles. The van der Waals surface area contributed by atoms with Crippen LogP contribution in [-0.4, -0.2) is 36.4 Å². The Morgan fingerprint density at radius 1 is 0.442 bits per heavy atom. The molecular weight excluding hydrogens is 645 g/mol. The van der Waals surface area contributed by atoms with Crippen molar-refractivity contribution in [1.82, 2.24) is 0 Å². The Kier molecular flexibility index (Phi) is 41.5. The first kappa shape index (κ1) is 49.9. The maximum Gasteiger partial charge on any atom is 0.306 e. The number of hydrogen-bond donors (Lipinski definition) is 1. The number of allylic oxidation sites excluding steroid dienone is 8. The average Bonchev–Trinajstić information content (AvgIpc) is 3.15. The van der Waals surface area contributed by atoms with Crippen molar-refractivity contribution in [2.24, 2.45) is 0 Å². The summed E-state index contributed by atoms with van der Waals surface area (Å²) in [6, 6.07) is 0. The SMILES string of the molecule is CCCCC/C=C\C/C=C\C/C=C\CCCCCCC(=O)O[C@@H](CO)COC(=O)CCCCCCCCCCCCC/C=C\CCCCCCCC. The van der Waals surface area contributed by atoms with Gasteiger partial charge in [-0.2, -0.15) is 0 Å². The van der Waals surface area contributed by atoms with Crippen molar-refractivity contribution in [1.29, 1.82) is 0 Å². The average molecular weight is 729 g/mol. The minimum absolute atomic E-state index is 0.0751. The second-order valence-corrected chi connectivity index (χ2v) is 14.8. The molecule has 5 heteroatoms. The normalized spacial score (nSPS) is 12.6. The Balaban J connectivity index is 3.55. The van der Waals surface area contributed by atoms with Crippen LogP contribution < -0.4 is 0 Å². The first-order valence-corrected chi connectivity index (χ1v) is 22.2. The van der Waals surface area contributed by atoms with E-state index in [-0.39, 0.29) is 25.2 Å². The summed E-state index contributed by atoms with van der Waals surface area (Å²) in [6.07, 6.45) is 54.7. The molecule has 0 fully saturated rings. The van der Waals surface area contributed by atoms with E-state index >= 15 is 0 Å². The van der Waals surface area contributed by atoms with E-state index in [4.69, 9.17) is 9.47 Å². The van der Waals surface area contributed by atoms with Gasteiger partial charge in [0.2, 0.25) is 0 Å². The molecular formula is C47H84O5. The summed E-state index contributed by atoms with van der Waals surface area (Å²) in [5.41, 5.74) is 0. The van der Waals surface area contributed by atoms with Gasteiger partial charge in [0, 0.05) is 12.8 Å². The summed E-state index contributed by atoms with van der Waals surface area (Å²) in [4.78, 5) is 24.3. The highest BCUT2D eigenvalue weighted by molar-refractivity contribution is 5.70. The zero-order valence-electron chi connectivity index (χ0n) is 34.3. The fraction of sp³-hybridized carbons (Fsp3) is 0.787. The number of esters is 2. The Hall–Kier alpha value is -2.14. The van der Waals surface area contributed by atoms with Crippen LogP contribution in [0.15, 0.2) is 48.6 Å². The molecule has 0 unspecified atom stereocenters. The first-order valence-electron chi connectivity index (χ1n) is 22.2. The number of unbranched alkanes of at least 4 members (excludes halogenated alkanes) is 24. The molecule has 1 N–H and O–H groups in total. The maximum atomic E-state index is 12.2. The Bertz CT molecular complexity index is 873. The number of hydrogen-bond acceptors (Lipinski definition) is 5. The molecule has 0 heterocycles. The lowest BCUT2D eigenvalue weighted by Crippen LogP contribution is -2.28. The number of carbonyl (C=O) groups excluding carboxylic acids is 2. The Morgan fingerprint density at radius 3 is 1.21 bits per heavy atom. The monoisotopic (exact) mass is 729 g/mol. The summed E-state index contributed by atoms with van der Waals surface area (Å²) >= 11 is 0. The number of rotatable bonds is 40. The molecule has 52 heavy (non-hydrogen) atoms. The molecule has 0 aliphatic heterocycles. The predicted molar refractivity (Wildman–Crippen MR) is 224 cm³/mol. The van der Waals surface area contributed by atoms with E-state index in [2.05, 4.69) is 62.5 Å². The number of ether oxygens (including phenoxy) is 2. The minimum atomic E-state index is -0.783. The largest absolute Gasteiger partial charge is 0.462 e. The van der Waals surface area contributed by atoms with Crippen molar-refractivity contribution in [3.63, 3.8) is 0 Å². The van der Waals surface area contributed by atoms with Crippen LogP contribution in [-0.2, 0) is 19.1 Å². The molecule has 0 rings (SSSR count). The third-order valence-corrected chi connectivity index (χ3v) is 9.60. The summed E-state index contributed by atoms with van der Waals surface area (Å²) in [7, 11) is 0. The Morgan fingerprint density at radius 2 is 0.769 bits per heavy atom. The van der Waals surface area contributed by atoms with E-state index in [1.54, 1.807) is 0 Å². The molecule has 0 saturated heterocycles. The van der Waals surface area contributed by atoms with Gasteiger partial charge in [0.1, 0.15) is 6.61 Å². The van der Waals surface area contributed by atoms with Crippen LogP contribution in [0.3, 0.4) is 0 Å². The number of aliphatic hydroxyl groups is 1. The maximum absolute atomic E-state index is 12.2. The zero-order chi connectivity index (χ0) is 37.8. The predicted octanol–water partition coefficient (Wildman–Crippen LogP) is 14.2. The van der Waals surface area contributed by atoms with E-state index in [0.29, 0.717) is 12.8 Å².